The maximum Gasteiger partial charge on any atom is 0.257 e. The molecule has 2 heterocycles. The van der Waals surface area contributed by atoms with Gasteiger partial charge in [0.2, 0.25) is 0 Å². The molecule has 0 aliphatic carbocycles. The normalized spacial score (nSPS) is 11.4. The molecule has 174 valence electrons. The van der Waals surface area contributed by atoms with Gasteiger partial charge in [-0.3, -0.25) is 4.79 Å². The van der Waals surface area contributed by atoms with Crippen molar-refractivity contribution in [3.63, 3.8) is 0 Å². The molecule has 3 aromatic carbocycles. The molecule has 0 saturated heterocycles. The van der Waals surface area contributed by atoms with Crippen LogP contribution in [-0.2, 0) is 6.54 Å². The first kappa shape index (κ1) is 22.4. The Hall–Kier alpha value is -4.43. The highest BCUT2D eigenvalue weighted by molar-refractivity contribution is 6.30. The molecule has 0 spiro atoms. The number of aromatic nitrogens is 3. The number of halogens is 1. The van der Waals surface area contributed by atoms with Gasteiger partial charge in [0.25, 0.3) is 5.91 Å². The quantitative estimate of drug-likeness (QED) is 0.341. The van der Waals surface area contributed by atoms with Gasteiger partial charge in [-0.25, -0.2) is 9.97 Å². The lowest BCUT2D eigenvalue weighted by atomic mass is 10.2. The van der Waals surface area contributed by atoms with E-state index < -0.39 is 0 Å². The number of carbonyl (C=O) groups excluding carboxylic acids is 1. The van der Waals surface area contributed by atoms with E-state index in [2.05, 4.69) is 10.4 Å². The van der Waals surface area contributed by atoms with E-state index in [4.69, 9.17) is 32.0 Å². The van der Waals surface area contributed by atoms with Crippen molar-refractivity contribution >= 4 is 51.7 Å². The smallest absolute Gasteiger partial charge is 0.257 e. The second-order valence-electron chi connectivity index (χ2n) is 7.78. The van der Waals surface area contributed by atoms with E-state index in [9.17, 15) is 4.79 Å². The fourth-order valence-electron chi connectivity index (χ4n) is 3.68. The first-order chi connectivity index (χ1) is 17.0. The summed E-state index contributed by atoms with van der Waals surface area (Å²) in [6, 6.07) is 22.1. The van der Waals surface area contributed by atoms with Crippen molar-refractivity contribution in [2.75, 3.05) is 12.8 Å². The van der Waals surface area contributed by atoms with Gasteiger partial charge >= 0.3 is 0 Å². The molecule has 0 unspecified atom stereocenters. The third-order valence-corrected chi connectivity index (χ3v) is 5.76. The SMILES string of the molecule is COc1ccc(CNC(=O)c2c(N)n(/N=C/c3ccc(Cl)cc3)c3nc4ccccc4nc23)cc1. The monoisotopic (exact) mass is 484 g/mol. The van der Waals surface area contributed by atoms with Crippen molar-refractivity contribution in [1.82, 2.24) is 20.0 Å². The van der Waals surface area contributed by atoms with Crippen LogP contribution in [0.15, 0.2) is 77.9 Å². The number of anilines is 1. The number of hydrogen-bond donors (Lipinski definition) is 2. The summed E-state index contributed by atoms with van der Waals surface area (Å²) in [6.45, 7) is 0.310. The highest BCUT2D eigenvalue weighted by atomic mass is 35.5. The Morgan fingerprint density at radius 2 is 1.74 bits per heavy atom. The Bertz CT molecular complexity index is 1560. The molecule has 0 radical (unpaired) electrons. The van der Waals surface area contributed by atoms with Crippen LogP contribution in [0, 0.1) is 0 Å². The predicted octanol–water partition coefficient (Wildman–Crippen LogP) is 4.64. The molecule has 3 N–H and O–H groups in total. The second-order valence-corrected chi connectivity index (χ2v) is 8.22. The number of fused-ring (bicyclic) bond motifs is 2. The number of nitrogens with zero attached hydrogens (tertiary/aromatic N) is 4. The molecule has 0 aliphatic heterocycles. The number of nitrogens with two attached hydrogens (primary N) is 1. The van der Waals surface area contributed by atoms with Gasteiger partial charge in [-0.15, -0.1) is 0 Å². The molecule has 5 aromatic rings. The molecule has 0 atom stereocenters. The number of hydrogen-bond acceptors (Lipinski definition) is 6. The van der Waals surface area contributed by atoms with E-state index in [0.717, 1.165) is 16.9 Å². The average Bonchev–Trinajstić information content (AvgIpc) is 3.15. The fourth-order valence-corrected chi connectivity index (χ4v) is 3.80. The van der Waals surface area contributed by atoms with E-state index in [1.165, 1.54) is 4.68 Å². The molecule has 1 amide bonds. The number of amides is 1. The zero-order chi connectivity index (χ0) is 24.4. The number of methoxy groups -OCH3 is 1. The van der Waals surface area contributed by atoms with Gasteiger partial charge in [-0.2, -0.15) is 9.78 Å². The second kappa shape index (κ2) is 9.44. The van der Waals surface area contributed by atoms with Crippen LogP contribution in [0.4, 0.5) is 5.82 Å². The number of para-hydroxylation sites is 2. The number of carbonyl (C=O) groups is 1. The number of nitrogen functional groups attached to an aromatic ring is 1. The van der Waals surface area contributed by atoms with Crippen molar-refractivity contribution in [3.8, 4) is 5.75 Å². The van der Waals surface area contributed by atoms with Gasteiger partial charge in [-0.1, -0.05) is 48.0 Å². The summed E-state index contributed by atoms with van der Waals surface area (Å²) in [4.78, 5) is 22.7. The minimum absolute atomic E-state index is 0.146. The van der Waals surface area contributed by atoms with E-state index in [1.54, 1.807) is 25.5 Å². The van der Waals surface area contributed by atoms with Crippen molar-refractivity contribution in [2.24, 2.45) is 5.10 Å². The van der Waals surface area contributed by atoms with Crippen LogP contribution in [-0.4, -0.2) is 33.9 Å². The topological polar surface area (TPSA) is 107 Å². The lowest BCUT2D eigenvalue weighted by Gasteiger charge is -2.06. The zero-order valence-electron chi connectivity index (χ0n) is 18.8. The molecule has 0 aliphatic rings. The van der Waals surface area contributed by atoms with Crippen LogP contribution in [0.25, 0.3) is 22.2 Å². The maximum atomic E-state index is 13.3. The average molecular weight is 485 g/mol. The maximum absolute atomic E-state index is 13.3. The molecule has 8 nitrogen and oxygen atoms in total. The van der Waals surface area contributed by atoms with E-state index in [-0.39, 0.29) is 17.3 Å². The molecule has 0 saturated carbocycles. The number of benzene rings is 3. The Morgan fingerprint density at radius 1 is 1.06 bits per heavy atom. The largest absolute Gasteiger partial charge is 0.497 e. The Morgan fingerprint density at radius 3 is 2.43 bits per heavy atom. The van der Waals surface area contributed by atoms with Gasteiger partial charge in [0.1, 0.15) is 22.6 Å². The van der Waals surface area contributed by atoms with Crippen molar-refractivity contribution < 1.29 is 9.53 Å². The van der Waals surface area contributed by atoms with Crippen LogP contribution in [0.2, 0.25) is 5.02 Å². The lowest BCUT2D eigenvalue weighted by molar-refractivity contribution is 0.0953. The van der Waals surface area contributed by atoms with Gasteiger partial charge < -0.3 is 15.8 Å². The summed E-state index contributed by atoms with van der Waals surface area (Å²) in [5.41, 5.74) is 10.5. The molecule has 2 aromatic heterocycles. The third kappa shape index (κ3) is 4.51. The highest BCUT2D eigenvalue weighted by Gasteiger charge is 2.24. The first-order valence-electron chi connectivity index (χ1n) is 10.8. The molecule has 35 heavy (non-hydrogen) atoms. The van der Waals surface area contributed by atoms with Gasteiger partial charge in [0.15, 0.2) is 5.65 Å². The summed E-state index contributed by atoms with van der Waals surface area (Å²) >= 11 is 5.98. The van der Waals surface area contributed by atoms with Crippen molar-refractivity contribution in [1.29, 1.82) is 0 Å². The highest BCUT2D eigenvalue weighted by Crippen LogP contribution is 2.28. The Balaban J connectivity index is 1.55. The summed E-state index contributed by atoms with van der Waals surface area (Å²) in [7, 11) is 1.61. The summed E-state index contributed by atoms with van der Waals surface area (Å²) in [5, 5.41) is 8.05. The first-order valence-corrected chi connectivity index (χ1v) is 11.2. The number of ether oxygens (including phenoxy) is 1. The molecular formula is C26H21ClN6O2. The van der Waals surface area contributed by atoms with Crippen molar-refractivity contribution in [2.45, 2.75) is 6.54 Å². The molecule has 5 rings (SSSR count). The van der Waals surface area contributed by atoms with E-state index in [0.29, 0.717) is 33.8 Å². The fraction of sp³-hybridized carbons (Fsp3) is 0.0769. The van der Waals surface area contributed by atoms with E-state index in [1.807, 2.05) is 60.7 Å². The lowest BCUT2D eigenvalue weighted by Crippen LogP contribution is -2.23. The van der Waals surface area contributed by atoms with Crippen LogP contribution >= 0.6 is 11.6 Å². The van der Waals surface area contributed by atoms with Gasteiger partial charge in [0, 0.05) is 11.6 Å². The molecule has 9 heteroatoms. The molecule has 0 fully saturated rings. The molecular weight excluding hydrogens is 464 g/mol. The zero-order valence-corrected chi connectivity index (χ0v) is 19.5. The van der Waals surface area contributed by atoms with Crippen LogP contribution in [0.1, 0.15) is 21.5 Å². The minimum atomic E-state index is -0.367. The molecule has 0 bridgehead atoms. The van der Waals surface area contributed by atoms with Gasteiger partial charge in [0.05, 0.1) is 24.4 Å². The summed E-state index contributed by atoms with van der Waals surface area (Å²) in [6.07, 6.45) is 1.63. The Labute approximate surface area is 206 Å². The standard InChI is InChI=1S/C26H21ClN6O2/c1-35-19-12-8-16(9-13-19)14-29-26(34)22-23-25(32-21-5-3-2-4-20(21)31-23)33(24(22)28)30-15-17-6-10-18(27)11-7-17/h2-13,15H,14,28H2,1H3,(H,29,34)/b30-15+. The summed E-state index contributed by atoms with van der Waals surface area (Å²) in [5.74, 6) is 0.522. The van der Waals surface area contributed by atoms with Gasteiger partial charge in [-0.05, 0) is 47.5 Å². The third-order valence-electron chi connectivity index (χ3n) is 5.51. The number of rotatable bonds is 6. The predicted molar refractivity (Wildman–Crippen MR) is 138 cm³/mol. The van der Waals surface area contributed by atoms with Crippen LogP contribution in [0.5, 0.6) is 5.75 Å². The number of nitrogens with one attached hydrogen (secondary N) is 1. The summed E-state index contributed by atoms with van der Waals surface area (Å²) < 4.78 is 6.62. The van der Waals surface area contributed by atoms with Crippen LogP contribution < -0.4 is 15.8 Å². The van der Waals surface area contributed by atoms with Crippen molar-refractivity contribution in [3.05, 3.63) is 94.5 Å². The van der Waals surface area contributed by atoms with Crippen LogP contribution in [0.3, 0.4) is 0 Å². The van der Waals surface area contributed by atoms with E-state index >= 15 is 0 Å². The minimum Gasteiger partial charge on any atom is -0.497 e. The Kier molecular flexibility index (Phi) is 6.03.